The molecule has 25 heavy (non-hydrogen) atoms. The molecule has 1 fully saturated rings. The van der Waals surface area contributed by atoms with E-state index >= 15 is 0 Å². The van der Waals surface area contributed by atoms with Gasteiger partial charge in [0.2, 0.25) is 5.91 Å². The van der Waals surface area contributed by atoms with Crippen molar-refractivity contribution >= 4 is 28.8 Å². The van der Waals surface area contributed by atoms with Gasteiger partial charge in [-0.1, -0.05) is 12.1 Å². The first-order chi connectivity index (χ1) is 12.2. The quantitative estimate of drug-likeness (QED) is 0.782. The van der Waals surface area contributed by atoms with Gasteiger partial charge < -0.3 is 14.6 Å². The second-order valence-electron chi connectivity index (χ2n) is 6.05. The fraction of sp³-hybridized carbons (Fsp3) is 0.278. The second kappa shape index (κ2) is 6.68. The van der Waals surface area contributed by atoms with E-state index in [-0.39, 0.29) is 11.8 Å². The summed E-state index contributed by atoms with van der Waals surface area (Å²) in [4.78, 5) is 32.0. The van der Waals surface area contributed by atoms with Crippen molar-refractivity contribution in [2.24, 2.45) is 0 Å². The number of carbonyl (C=O) groups excluding carboxylic acids is 2. The first-order valence-corrected chi connectivity index (χ1v) is 9.15. The second-order valence-corrected chi connectivity index (χ2v) is 7.00. The Balaban J connectivity index is 1.42. The van der Waals surface area contributed by atoms with Crippen LogP contribution in [0.4, 0.5) is 0 Å². The van der Waals surface area contributed by atoms with Crippen LogP contribution in [0, 0.1) is 0 Å². The molecule has 0 aliphatic carbocycles. The molecule has 1 aliphatic rings. The fourth-order valence-electron chi connectivity index (χ4n) is 3.19. The number of thiophene rings is 1. The van der Waals surface area contributed by atoms with Crippen LogP contribution >= 0.6 is 11.3 Å². The molecular formula is C18H18N4O2S. The van der Waals surface area contributed by atoms with Crippen molar-refractivity contribution in [3.63, 3.8) is 0 Å². The third kappa shape index (κ3) is 3.15. The van der Waals surface area contributed by atoms with Crippen molar-refractivity contribution in [3.05, 3.63) is 58.7 Å². The molecular weight excluding hydrogens is 336 g/mol. The van der Waals surface area contributed by atoms with Gasteiger partial charge in [-0.3, -0.25) is 9.59 Å². The van der Waals surface area contributed by atoms with Crippen LogP contribution < -0.4 is 5.32 Å². The molecule has 1 atom stereocenters. The van der Waals surface area contributed by atoms with Gasteiger partial charge in [0.25, 0.3) is 5.91 Å². The molecule has 0 bridgehead atoms. The number of rotatable bonds is 4. The highest BCUT2D eigenvalue weighted by Gasteiger charge is 2.34. The smallest absolute Gasteiger partial charge is 0.264 e. The zero-order valence-corrected chi connectivity index (χ0v) is 14.4. The summed E-state index contributed by atoms with van der Waals surface area (Å²) in [7, 11) is 0. The first kappa shape index (κ1) is 15.8. The molecule has 0 spiro atoms. The van der Waals surface area contributed by atoms with Gasteiger partial charge in [-0.2, -0.15) is 0 Å². The van der Waals surface area contributed by atoms with Crippen LogP contribution in [0.15, 0.2) is 48.1 Å². The molecule has 3 aromatic rings. The Morgan fingerprint density at radius 1 is 1.28 bits per heavy atom. The summed E-state index contributed by atoms with van der Waals surface area (Å²) in [5, 5.41) is 4.80. The summed E-state index contributed by atoms with van der Waals surface area (Å²) >= 11 is 1.41. The van der Waals surface area contributed by atoms with Crippen molar-refractivity contribution < 1.29 is 9.59 Å². The van der Waals surface area contributed by atoms with E-state index in [1.165, 1.54) is 11.3 Å². The highest BCUT2D eigenvalue weighted by molar-refractivity contribution is 7.12. The lowest BCUT2D eigenvalue weighted by atomic mass is 10.2. The lowest BCUT2D eigenvalue weighted by molar-refractivity contribution is -0.125. The minimum Gasteiger partial charge on any atom is -0.349 e. The molecule has 0 saturated carbocycles. The summed E-state index contributed by atoms with van der Waals surface area (Å²) in [6, 6.07) is 9.04. The van der Waals surface area contributed by atoms with Gasteiger partial charge in [-0.25, -0.2) is 4.98 Å². The van der Waals surface area contributed by atoms with Crippen LogP contribution in [0.3, 0.4) is 0 Å². The van der Waals surface area contributed by atoms with E-state index in [4.69, 9.17) is 0 Å². The van der Waals surface area contributed by atoms with E-state index < -0.39 is 6.04 Å². The van der Waals surface area contributed by atoms with E-state index in [2.05, 4.69) is 10.3 Å². The Morgan fingerprint density at radius 2 is 2.20 bits per heavy atom. The van der Waals surface area contributed by atoms with Gasteiger partial charge in [-0.15, -0.1) is 11.3 Å². The van der Waals surface area contributed by atoms with Crippen LogP contribution in [0.25, 0.3) is 5.65 Å². The predicted molar refractivity (Wildman–Crippen MR) is 95.4 cm³/mol. The number of nitrogens with zero attached hydrogens (tertiary/aromatic N) is 3. The Labute approximate surface area is 149 Å². The minimum atomic E-state index is -0.397. The number of nitrogens with one attached hydrogen (secondary N) is 1. The van der Waals surface area contributed by atoms with Gasteiger partial charge in [0.1, 0.15) is 11.7 Å². The molecule has 128 valence electrons. The molecule has 3 aromatic heterocycles. The lowest BCUT2D eigenvalue weighted by Gasteiger charge is -2.23. The van der Waals surface area contributed by atoms with Gasteiger partial charge in [0, 0.05) is 18.9 Å². The normalized spacial score (nSPS) is 17.1. The van der Waals surface area contributed by atoms with E-state index in [0.717, 1.165) is 17.8 Å². The largest absolute Gasteiger partial charge is 0.349 e. The molecule has 0 radical (unpaired) electrons. The molecule has 7 heteroatoms. The molecule has 4 rings (SSSR count). The van der Waals surface area contributed by atoms with Crippen LogP contribution in [0.1, 0.15) is 28.2 Å². The van der Waals surface area contributed by atoms with E-state index in [9.17, 15) is 9.59 Å². The Bertz CT molecular complexity index is 870. The predicted octanol–water partition coefficient (Wildman–Crippen LogP) is 2.32. The molecule has 4 heterocycles. The Hall–Kier alpha value is -2.67. The Kier molecular flexibility index (Phi) is 4.23. The fourth-order valence-corrected chi connectivity index (χ4v) is 3.87. The summed E-state index contributed by atoms with van der Waals surface area (Å²) in [5.74, 6) is -0.167. The van der Waals surface area contributed by atoms with Crippen molar-refractivity contribution in [1.29, 1.82) is 0 Å². The maximum Gasteiger partial charge on any atom is 0.264 e. The monoisotopic (exact) mass is 354 g/mol. The lowest BCUT2D eigenvalue weighted by Crippen LogP contribution is -2.45. The zero-order valence-electron chi connectivity index (χ0n) is 13.6. The number of likely N-dealkylation sites (tertiary alicyclic amines) is 1. The number of hydrogen-bond acceptors (Lipinski definition) is 4. The summed E-state index contributed by atoms with van der Waals surface area (Å²) in [6.45, 7) is 0.987. The van der Waals surface area contributed by atoms with Crippen LogP contribution in [-0.4, -0.2) is 38.7 Å². The van der Waals surface area contributed by atoms with Crippen LogP contribution in [0.5, 0.6) is 0 Å². The van der Waals surface area contributed by atoms with Crippen molar-refractivity contribution in [2.45, 2.75) is 25.4 Å². The average molecular weight is 354 g/mol. The first-order valence-electron chi connectivity index (χ1n) is 8.27. The topological polar surface area (TPSA) is 66.7 Å². The molecule has 1 aliphatic heterocycles. The summed E-state index contributed by atoms with van der Waals surface area (Å²) < 4.78 is 1.92. The van der Waals surface area contributed by atoms with Crippen molar-refractivity contribution in [1.82, 2.24) is 19.6 Å². The third-order valence-corrected chi connectivity index (χ3v) is 5.26. The van der Waals surface area contributed by atoms with Gasteiger partial charge >= 0.3 is 0 Å². The standard InChI is InChI=1S/C18H18N4O2S/c23-17(19-11-13-12-21-8-2-1-7-16(21)20-13)14-5-3-9-22(14)18(24)15-6-4-10-25-15/h1-2,4,6-8,10,12,14H,3,5,9,11H2,(H,19,23)/t14-/m0/s1. The van der Waals surface area contributed by atoms with Crippen LogP contribution in [-0.2, 0) is 11.3 Å². The Morgan fingerprint density at radius 3 is 3.00 bits per heavy atom. The molecule has 1 N–H and O–H groups in total. The minimum absolute atomic E-state index is 0.0552. The SMILES string of the molecule is O=C(NCc1cn2ccccc2n1)[C@@H]1CCCN1C(=O)c1cccs1. The maximum atomic E-state index is 12.6. The van der Waals surface area contributed by atoms with E-state index in [0.29, 0.717) is 24.4 Å². The number of hydrogen-bond donors (Lipinski definition) is 1. The zero-order chi connectivity index (χ0) is 17.2. The van der Waals surface area contributed by atoms with Gasteiger partial charge in [0.05, 0.1) is 17.1 Å². The number of fused-ring (bicyclic) bond motifs is 1. The van der Waals surface area contributed by atoms with E-state index in [1.54, 1.807) is 11.0 Å². The van der Waals surface area contributed by atoms with Crippen molar-refractivity contribution in [3.8, 4) is 0 Å². The molecule has 2 amide bonds. The van der Waals surface area contributed by atoms with Gasteiger partial charge in [-0.05, 0) is 36.4 Å². The number of amides is 2. The average Bonchev–Trinajstić information content (AvgIpc) is 3.38. The molecule has 1 saturated heterocycles. The highest BCUT2D eigenvalue weighted by Crippen LogP contribution is 2.22. The molecule has 0 unspecified atom stereocenters. The van der Waals surface area contributed by atoms with Crippen LogP contribution in [0.2, 0.25) is 0 Å². The molecule has 6 nitrogen and oxygen atoms in total. The number of pyridine rings is 1. The third-order valence-electron chi connectivity index (χ3n) is 4.41. The summed E-state index contributed by atoms with van der Waals surface area (Å²) in [5.41, 5.74) is 1.65. The number of imidazole rings is 1. The summed E-state index contributed by atoms with van der Waals surface area (Å²) in [6.07, 6.45) is 5.38. The number of aromatic nitrogens is 2. The van der Waals surface area contributed by atoms with Gasteiger partial charge in [0.15, 0.2) is 0 Å². The van der Waals surface area contributed by atoms with Crippen molar-refractivity contribution in [2.75, 3.05) is 6.54 Å². The highest BCUT2D eigenvalue weighted by atomic mass is 32.1. The molecule has 0 aromatic carbocycles. The van der Waals surface area contributed by atoms with E-state index in [1.807, 2.05) is 46.4 Å². The number of carbonyl (C=O) groups is 2. The maximum absolute atomic E-state index is 12.6.